The summed E-state index contributed by atoms with van der Waals surface area (Å²) in [5.74, 6) is 4.62. The Morgan fingerprint density at radius 3 is 2.87 bits per heavy atom. The van der Waals surface area contributed by atoms with E-state index in [4.69, 9.17) is 5.11 Å². The van der Waals surface area contributed by atoms with Crippen molar-refractivity contribution in [1.82, 2.24) is 15.1 Å². The van der Waals surface area contributed by atoms with Gasteiger partial charge in [0.05, 0.1) is 17.8 Å². The molecule has 0 fully saturated rings. The second-order valence-corrected chi connectivity index (χ2v) is 3.07. The summed E-state index contributed by atoms with van der Waals surface area (Å²) in [6.45, 7) is 2.27. The Hall–Kier alpha value is -1.80. The van der Waals surface area contributed by atoms with Crippen molar-refractivity contribution in [3.05, 3.63) is 17.0 Å². The summed E-state index contributed by atoms with van der Waals surface area (Å²) < 4.78 is 1.33. The van der Waals surface area contributed by atoms with Crippen LogP contribution in [0.25, 0.3) is 0 Å². The van der Waals surface area contributed by atoms with Gasteiger partial charge in [0.15, 0.2) is 5.69 Å². The lowest BCUT2D eigenvalue weighted by Crippen LogP contribution is -2.07. The predicted octanol–water partition coefficient (Wildman–Crippen LogP) is -0.00238. The Balaban J connectivity index is 3.17. The van der Waals surface area contributed by atoms with Gasteiger partial charge < -0.3 is 10.4 Å². The Bertz CT molecular complexity index is 438. The molecule has 80 valence electrons. The van der Waals surface area contributed by atoms with E-state index < -0.39 is 5.97 Å². The SMILES string of the molecule is CNCC#Cc1c(C)nn(C)c1C(=O)O. The highest BCUT2D eigenvalue weighted by molar-refractivity contribution is 5.89. The van der Waals surface area contributed by atoms with Crippen LogP contribution in [-0.2, 0) is 7.05 Å². The second-order valence-electron chi connectivity index (χ2n) is 3.07. The van der Waals surface area contributed by atoms with Crippen LogP contribution in [0.4, 0.5) is 0 Å². The molecule has 0 aliphatic rings. The van der Waals surface area contributed by atoms with Gasteiger partial charge >= 0.3 is 5.97 Å². The third kappa shape index (κ3) is 2.36. The molecule has 0 aromatic carbocycles. The van der Waals surface area contributed by atoms with Crippen molar-refractivity contribution in [1.29, 1.82) is 0 Å². The smallest absolute Gasteiger partial charge is 0.355 e. The Labute approximate surface area is 88.1 Å². The summed E-state index contributed by atoms with van der Waals surface area (Å²) in [6.07, 6.45) is 0. The highest BCUT2D eigenvalue weighted by Gasteiger charge is 2.17. The number of nitrogens with one attached hydrogen (secondary N) is 1. The highest BCUT2D eigenvalue weighted by atomic mass is 16.4. The molecule has 1 rings (SSSR count). The van der Waals surface area contributed by atoms with E-state index in [1.165, 1.54) is 4.68 Å². The average Bonchev–Trinajstić information content (AvgIpc) is 2.42. The number of carboxylic acid groups (broad SMARTS) is 1. The summed E-state index contributed by atoms with van der Waals surface area (Å²) in [4.78, 5) is 10.9. The fraction of sp³-hybridized carbons (Fsp3) is 0.400. The fourth-order valence-electron chi connectivity index (χ4n) is 1.27. The maximum absolute atomic E-state index is 10.9. The Kier molecular flexibility index (Phi) is 3.47. The Morgan fingerprint density at radius 2 is 2.33 bits per heavy atom. The van der Waals surface area contributed by atoms with E-state index in [1.54, 1.807) is 21.0 Å². The van der Waals surface area contributed by atoms with Crippen LogP contribution in [0.15, 0.2) is 0 Å². The lowest BCUT2D eigenvalue weighted by Gasteiger charge is -1.94. The molecule has 0 saturated heterocycles. The van der Waals surface area contributed by atoms with Crippen molar-refractivity contribution in [2.75, 3.05) is 13.6 Å². The van der Waals surface area contributed by atoms with E-state index in [1.807, 2.05) is 0 Å². The summed E-state index contributed by atoms with van der Waals surface area (Å²) in [5.41, 5.74) is 1.26. The molecule has 0 radical (unpaired) electrons. The number of rotatable bonds is 2. The van der Waals surface area contributed by atoms with E-state index in [0.29, 0.717) is 17.8 Å². The maximum Gasteiger partial charge on any atom is 0.355 e. The van der Waals surface area contributed by atoms with Crippen LogP contribution in [0.2, 0.25) is 0 Å². The quantitative estimate of drug-likeness (QED) is 0.670. The van der Waals surface area contributed by atoms with Gasteiger partial charge in [-0.2, -0.15) is 5.10 Å². The monoisotopic (exact) mass is 207 g/mol. The minimum atomic E-state index is -1.01. The number of nitrogens with zero attached hydrogens (tertiary/aromatic N) is 2. The molecular formula is C10H13N3O2. The molecule has 0 saturated carbocycles. The highest BCUT2D eigenvalue weighted by Crippen LogP contribution is 2.11. The van der Waals surface area contributed by atoms with E-state index in [-0.39, 0.29) is 5.69 Å². The van der Waals surface area contributed by atoms with E-state index >= 15 is 0 Å². The van der Waals surface area contributed by atoms with E-state index in [9.17, 15) is 4.79 Å². The first-order valence-electron chi connectivity index (χ1n) is 4.48. The van der Waals surface area contributed by atoms with Gasteiger partial charge in [-0.15, -0.1) is 0 Å². The molecule has 0 spiro atoms. The molecule has 2 N–H and O–H groups in total. The molecule has 1 heterocycles. The summed E-state index contributed by atoms with van der Waals surface area (Å²) >= 11 is 0. The molecule has 0 bridgehead atoms. The molecule has 0 atom stereocenters. The standard InChI is InChI=1S/C10H13N3O2/c1-7-8(5-4-6-11-2)9(10(14)15)13(3)12-7/h11H,6H2,1-3H3,(H,14,15). The first-order chi connectivity index (χ1) is 7.07. The fourth-order valence-corrected chi connectivity index (χ4v) is 1.27. The van der Waals surface area contributed by atoms with Crippen LogP contribution in [-0.4, -0.2) is 34.4 Å². The van der Waals surface area contributed by atoms with Gasteiger partial charge in [-0.3, -0.25) is 4.68 Å². The van der Waals surface area contributed by atoms with Crippen molar-refractivity contribution in [2.24, 2.45) is 7.05 Å². The average molecular weight is 207 g/mol. The van der Waals surface area contributed by atoms with E-state index in [0.717, 1.165) is 0 Å². The zero-order valence-electron chi connectivity index (χ0n) is 8.96. The van der Waals surface area contributed by atoms with Crippen molar-refractivity contribution in [3.63, 3.8) is 0 Å². The van der Waals surface area contributed by atoms with Gasteiger partial charge in [0.2, 0.25) is 0 Å². The van der Waals surface area contributed by atoms with Crippen LogP contribution >= 0.6 is 0 Å². The van der Waals surface area contributed by atoms with Gasteiger partial charge in [-0.1, -0.05) is 11.8 Å². The molecule has 5 nitrogen and oxygen atoms in total. The third-order valence-electron chi connectivity index (χ3n) is 1.90. The van der Waals surface area contributed by atoms with E-state index in [2.05, 4.69) is 22.3 Å². The van der Waals surface area contributed by atoms with Crippen molar-refractivity contribution < 1.29 is 9.90 Å². The van der Waals surface area contributed by atoms with Gasteiger partial charge in [-0.25, -0.2) is 4.79 Å². The maximum atomic E-state index is 10.9. The molecule has 15 heavy (non-hydrogen) atoms. The Morgan fingerprint density at radius 1 is 1.67 bits per heavy atom. The van der Waals surface area contributed by atoms with Crippen LogP contribution < -0.4 is 5.32 Å². The summed E-state index contributed by atoms with van der Waals surface area (Å²) in [6, 6.07) is 0. The van der Waals surface area contributed by atoms with Crippen LogP contribution in [0, 0.1) is 18.8 Å². The predicted molar refractivity (Wildman–Crippen MR) is 55.7 cm³/mol. The number of aryl methyl sites for hydroxylation is 2. The van der Waals surface area contributed by atoms with Gasteiger partial charge in [-0.05, 0) is 14.0 Å². The van der Waals surface area contributed by atoms with Crippen LogP contribution in [0.1, 0.15) is 21.7 Å². The topological polar surface area (TPSA) is 67.2 Å². The number of hydrogen-bond acceptors (Lipinski definition) is 3. The van der Waals surface area contributed by atoms with Crippen LogP contribution in [0.3, 0.4) is 0 Å². The van der Waals surface area contributed by atoms with Gasteiger partial charge in [0, 0.05) is 7.05 Å². The number of carbonyl (C=O) groups is 1. The van der Waals surface area contributed by atoms with Gasteiger partial charge in [0.1, 0.15) is 0 Å². The third-order valence-corrected chi connectivity index (χ3v) is 1.90. The molecule has 0 amide bonds. The molecular weight excluding hydrogens is 194 g/mol. The lowest BCUT2D eigenvalue weighted by molar-refractivity contribution is 0.0684. The molecule has 5 heteroatoms. The molecule has 1 aromatic rings. The van der Waals surface area contributed by atoms with Crippen molar-refractivity contribution in [3.8, 4) is 11.8 Å². The zero-order chi connectivity index (χ0) is 11.4. The lowest BCUT2D eigenvalue weighted by atomic mass is 10.2. The molecule has 1 aromatic heterocycles. The largest absolute Gasteiger partial charge is 0.476 e. The number of hydrogen-bond donors (Lipinski definition) is 2. The molecule has 0 aliphatic heterocycles. The summed E-state index contributed by atoms with van der Waals surface area (Å²) in [5, 5.41) is 15.9. The normalized spacial score (nSPS) is 9.53. The molecule has 0 unspecified atom stereocenters. The summed E-state index contributed by atoms with van der Waals surface area (Å²) in [7, 11) is 3.38. The first kappa shape index (κ1) is 11.3. The second kappa shape index (κ2) is 4.62. The number of aromatic nitrogens is 2. The van der Waals surface area contributed by atoms with Crippen molar-refractivity contribution >= 4 is 5.97 Å². The zero-order valence-corrected chi connectivity index (χ0v) is 8.96. The number of aromatic carboxylic acids is 1. The minimum Gasteiger partial charge on any atom is -0.476 e. The van der Waals surface area contributed by atoms with Gasteiger partial charge in [0.25, 0.3) is 0 Å². The number of carboxylic acids is 1. The molecule has 0 aliphatic carbocycles. The van der Waals surface area contributed by atoms with Crippen LogP contribution in [0.5, 0.6) is 0 Å². The first-order valence-corrected chi connectivity index (χ1v) is 4.48. The van der Waals surface area contributed by atoms with Crippen molar-refractivity contribution in [2.45, 2.75) is 6.92 Å². The minimum absolute atomic E-state index is 0.135.